The monoisotopic (exact) mass is 306 g/mol. The van der Waals surface area contributed by atoms with Gasteiger partial charge in [0, 0.05) is 23.0 Å². The molecule has 0 fully saturated rings. The standard InChI is InChI=1S/C17H23FN2S/c1-10(2)16-15(9-19-11(3)4)21-17(20-16)13-7-6-12(5)8-14(13)18/h6-8,10-11,19H,9H2,1-5H3. The van der Waals surface area contributed by atoms with Gasteiger partial charge in [0.25, 0.3) is 0 Å². The number of aromatic nitrogens is 1. The Kier molecular flexibility index (Phi) is 5.12. The fourth-order valence-corrected chi connectivity index (χ4v) is 3.34. The molecule has 0 radical (unpaired) electrons. The van der Waals surface area contributed by atoms with Crippen molar-refractivity contribution in [1.82, 2.24) is 10.3 Å². The molecule has 1 aromatic carbocycles. The average Bonchev–Trinajstić information content (AvgIpc) is 2.80. The molecule has 0 aliphatic carbocycles. The summed E-state index contributed by atoms with van der Waals surface area (Å²) < 4.78 is 14.1. The highest BCUT2D eigenvalue weighted by molar-refractivity contribution is 7.15. The molecule has 4 heteroatoms. The van der Waals surface area contributed by atoms with Gasteiger partial charge in [-0.1, -0.05) is 33.8 Å². The number of halogens is 1. The topological polar surface area (TPSA) is 24.9 Å². The molecule has 1 heterocycles. The van der Waals surface area contributed by atoms with Crippen molar-refractivity contribution in [2.24, 2.45) is 0 Å². The molecule has 2 rings (SSSR count). The first-order valence-electron chi connectivity index (χ1n) is 7.38. The SMILES string of the molecule is Cc1ccc(-c2nc(C(C)C)c(CNC(C)C)s2)c(F)c1. The van der Waals surface area contributed by atoms with Gasteiger partial charge in [0.1, 0.15) is 10.8 Å². The lowest BCUT2D eigenvalue weighted by molar-refractivity contribution is 0.588. The average molecular weight is 306 g/mol. The van der Waals surface area contributed by atoms with E-state index in [1.54, 1.807) is 17.4 Å². The minimum atomic E-state index is -0.192. The maximum Gasteiger partial charge on any atom is 0.133 e. The van der Waals surface area contributed by atoms with Gasteiger partial charge in [-0.2, -0.15) is 0 Å². The number of nitrogens with one attached hydrogen (secondary N) is 1. The van der Waals surface area contributed by atoms with Gasteiger partial charge in [0.05, 0.1) is 5.69 Å². The molecule has 0 atom stereocenters. The van der Waals surface area contributed by atoms with Crippen LogP contribution >= 0.6 is 11.3 Å². The van der Waals surface area contributed by atoms with Crippen LogP contribution in [0.1, 0.15) is 49.7 Å². The Labute approximate surface area is 130 Å². The van der Waals surface area contributed by atoms with Crippen LogP contribution < -0.4 is 5.32 Å². The third-order valence-electron chi connectivity index (χ3n) is 3.30. The first kappa shape index (κ1) is 16.1. The Morgan fingerprint density at radius 1 is 1.24 bits per heavy atom. The number of rotatable bonds is 5. The fourth-order valence-electron chi connectivity index (χ4n) is 2.15. The van der Waals surface area contributed by atoms with Crippen LogP contribution in [0.5, 0.6) is 0 Å². The van der Waals surface area contributed by atoms with E-state index in [2.05, 4.69) is 38.0 Å². The third kappa shape index (κ3) is 3.89. The predicted molar refractivity (Wildman–Crippen MR) is 88.3 cm³/mol. The normalized spacial score (nSPS) is 11.6. The van der Waals surface area contributed by atoms with Gasteiger partial charge < -0.3 is 5.32 Å². The summed E-state index contributed by atoms with van der Waals surface area (Å²) in [6, 6.07) is 5.75. The van der Waals surface area contributed by atoms with Gasteiger partial charge in [-0.25, -0.2) is 9.37 Å². The number of hydrogen-bond donors (Lipinski definition) is 1. The number of aryl methyl sites for hydroxylation is 1. The number of nitrogens with zero attached hydrogens (tertiary/aromatic N) is 1. The Morgan fingerprint density at radius 3 is 2.52 bits per heavy atom. The van der Waals surface area contributed by atoms with Crippen molar-refractivity contribution in [3.8, 4) is 10.6 Å². The summed E-state index contributed by atoms with van der Waals surface area (Å²) >= 11 is 1.59. The van der Waals surface area contributed by atoms with Crippen molar-refractivity contribution < 1.29 is 4.39 Å². The highest BCUT2D eigenvalue weighted by atomic mass is 32.1. The molecule has 0 unspecified atom stereocenters. The van der Waals surface area contributed by atoms with Crippen molar-refractivity contribution in [1.29, 1.82) is 0 Å². The van der Waals surface area contributed by atoms with Gasteiger partial charge >= 0.3 is 0 Å². The van der Waals surface area contributed by atoms with Gasteiger partial charge in [-0.3, -0.25) is 0 Å². The lowest BCUT2D eigenvalue weighted by Gasteiger charge is -2.09. The van der Waals surface area contributed by atoms with Crippen LogP contribution in [0, 0.1) is 12.7 Å². The quantitative estimate of drug-likeness (QED) is 0.851. The van der Waals surface area contributed by atoms with Gasteiger partial charge in [-0.15, -0.1) is 11.3 Å². The van der Waals surface area contributed by atoms with E-state index in [-0.39, 0.29) is 5.82 Å². The van der Waals surface area contributed by atoms with Crippen LogP contribution in [0.15, 0.2) is 18.2 Å². The summed E-state index contributed by atoms with van der Waals surface area (Å²) in [6.07, 6.45) is 0. The molecule has 0 bridgehead atoms. The first-order chi connectivity index (χ1) is 9.88. The zero-order valence-electron chi connectivity index (χ0n) is 13.3. The van der Waals surface area contributed by atoms with Crippen LogP contribution in [-0.4, -0.2) is 11.0 Å². The molecular formula is C17H23FN2S. The van der Waals surface area contributed by atoms with E-state index in [0.29, 0.717) is 17.5 Å². The van der Waals surface area contributed by atoms with E-state index >= 15 is 0 Å². The van der Waals surface area contributed by atoms with Crippen LogP contribution in [0.4, 0.5) is 4.39 Å². The lowest BCUT2D eigenvalue weighted by atomic mass is 10.1. The van der Waals surface area contributed by atoms with E-state index in [1.807, 2.05) is 19.1 Å². The van der Waals surface area contributed by atoms with Crippen molar-refractivity contribution >= 4 is 11.3 Å². The fraction of sp³-hybridized carbons (Fsp3) is 0.471. The van der Waals surface area contributed by atoms with Crippen LogP contribution in [0.25, 0.3) is 10.6 Å². The highest BCUT2D eigenvalue weighted by Crippen LogP contribution is 2.33. The Morgan fingerprint density at radius 2 is 1.95 bits per heavy atom. The van der Waals surface area contributed by atoms with E-state index in [1.165, 1.54) is 4.88 Å². The molecule has 1 N–H and O–H groups in total. The Bertz CT molecular complexity index is 617. The highest BCUT2D eigenvalue weighted by Gasteiger charge is 2.17. The van der Waals surface area contributed by atoms with Crippen LogP contribution in [-0.2, 0) is 6.54 Å². The molecule has 0 aliphatic rings. The molecule has 0 saturated heterocycles. The summed E-state index contributed by atoms with van der Waals surface area (Å²) in [5.74, 6) is 0.148. The molecule has 0 spiro atoms. The Balaban J connectivity index is 2.38. The second kappa shape index (κ2) is 6.67. The molecule has 0 saturated carbocycles. The summed E-state index contributed by atoms with van der Waals surface area (Å²) in [5, 5.41) is 4.20. The van der Waals surface area contributed by atoms with Gasteiger partial charge in [0.15, 0.2) is 0 Å². The molecule has 114 valence electrons. The Hall–Kier alpha value is -1.26. The summed E-state index contributed by atoms with van der Waals surface area (Å²) in [5.41, 5.74) is 2.60. The first-order valence-corrected chi connectivity index (χ1v) is 8.19. The largest absolute Gasteiger partial charge is 0.310 e. The van der Waals surface area contributed by atoms with Crippen molar-refractivity contribution in [3.63, 3.8) is 0 Å². The molecule has 0 amide bonds. The van der Waals surface area contributed by atoms with Crippen molar-refractivity contribution in [3.05, 3.63) is 40.2 Å². The molecule has 21 heavy (non-hydrogen) atoms. The maximum absolute atomic E-state index is 14.1. The summed E-state index contributed by atoms with van der Waals surface area (Å²) in [4.78, 5) is 5.89. The third-order valence-corrected chi connectivity index (χ3v) is 4.40. The van der Waals surface area contributed by atoms with Crippen LogP contribution in [0.3, 0.4) is 0 Å². The van der Waals surface area contributed by atoms with Crippen molar-refractivity contribution in [2.75, 3.05) is 0 Å². The molecular weight excluding hydrogens is 283 g/mol. The smallest absolute Gasteiger partial charge is 0.133 e. The molecule has 0 aliphatic heterocycles. The zero-order chi connectivity index (χ0) is 15.6. The van der Waals surface area contributed by atoms with Crippen molar-refractivity contribution in [2.45, 2.75) is 53.1 Å². The predicted octanol–water partition coefficient (Wildman–Crippen LogP) is 4.88. The molecule has 2 aromatic rings. The van der Waals surface area contributed by atoms with E-state index in [4.69, 9.17) is 0 Å². The molecule has 2 nitrogen and oxygen atoms in total. The van der Waals surface area contributed by atoms with E-state index in [9.17, 15) is 4.39 Å². The maximum atomic E-state index is 14.1. The number of benzene rings is 1. The van der Waals surface area contributed by atoms with Gasteiger partial charge in [0.2, 0.25) is 0 Å². The van der Waals surface area contributed by atoms with E-state index in [0.717, 1.165) is 22.8 Å². The number of thiazole rings is 1. The zero-order valence-corrected chi connectivity index (χ0v) is 14.1. The minimum absolute atomic E-state index is 0.192. The second-order valence-electron chi connectivity index (χ2n) is 6.00. The van der Waals surface area contributed by atoms with Crippen LogP contribution in [0.2, 0.25) is 0 Å². The minimum Gasteiger partial charge on any atom is -0.310 e. The number of hydrogen-bond acceptors (Lipinski definition) is 3. The second-order valence-corrected chi connectivity index (χ2v) is 7.08. The lowest BCUT2D eigenvalue weighted by Crippen LogP contribution is -2.22. The summed E-state index contributed by atoms with van der Waals surface area (Å²) in [7, 11) is 0. The molecule has 1 aromatic heterocycles. The van der Waals surface area contributed by atoms with Gasteiger partial charge in [-0.05, 0) is 30.5 Å². The van der Waals surface area contributed by atoms with E-state index < -0.39 is 0 Å². The summed E-state index contributed by atoms with van der Waals surface area (Å²) in [6.45, 7) is 11.2.